The lowest BCUT2D eigenvalue weighted by molar-refractivity contribution is 0.0608. The average Bonchev–Trinajstić information content (AvgIpc) is 2.84. The lowest BCUT2D eigenvalue weighted by Crippen LogP contribution is -2.57. The molecule has 0 aliphatic carbocycles. The summed E-state index contributed by atoms with van der Waals surface area (Å²) in [6, 6.07) is 14.3. The van der Waals surface area contributed by atoms with Crippen LogP contribution in [0.1, 0.15) is 20.7 Å². The number of nitrogens with zero attached hydrogens (tertiary/aromatic N) is 3. The molecule has 2 heterocycles. The van der Waals surface area contributed by atoms with Crippen LogP contribution in [0.25, 0.3) is 11.1 Å². The summed E-state index contributed by atoms with van der Waals surface area (Å²) >= 11 is 12.6. The summed E-state index contributed by atoms with van der Waals surface area (Å²) < 4.78 is 28.3. The van der Waals surface area contributed by atoms with E-state index in [1.165, 1.54) is 30.1 Å². The highest BCUT2D eigenvalue weighted by atomic mass is 35.5. The highest BCUT2D eigenvalue weighted by Crippen LogP contribution is 2.39. The highest BCUT2D eigenvalue weighted by molar-refractivity contribution is 6.35. The van der Waals surface area contributed by atoms with Crippen molar-refractivity contribution in [3.05, 3.63) is 81.6 Å². The van der Waals surface area contributed by atoms with Gasteiger partial charge in [0.25, 0.3) is 11.8 Å². The van der Waals surface area contributed by atoms with Crippen molar-refractivity contribution in [2.24, 2.45) is 5.73 Å². The van der Waals surface area contributed by atoms with Crippen LogP contribution >= 0.6 is 23.2 Å². The second kappa shape index (κ2) is 9.93. The average molecular weight is 545 g/mol. The summed E-state index contributed by atoms with van der Waals surface area (Å²) in [4.78, 5) is 30.8. The van der Waals surface area contributed by atoms with Gasteiger partial charge in [0.15, 0.2) is 0 Å². The van der Waals surface area contributed by atoms with Crippen LogP contribution in [0, 0.1) is 5.82 Å². The quantitative estimate of drug-likeness (QED) is 0.489. The van der Waals surface area contributed by atoms with E-state index in [0.717, 1.165) is 0 Å². The molecule has 5 rings (SSSR count). The molecular weight excluding hydrogens is 521 g/mol. The molecule has 10 heteroatoms. The van der Waals surface area contributed by atoms with E-state index in [4.69, 9.17) is 28.9 Å². The Kier molecular flexibility index (Phi) is 6.83. The Morgan fingerprint density at radius 2 is 1.73 bits per heavy atom. The minimum Gasteiger partial charge on any atom is -0.364 e. The van der Waals surface area contributed by atoms with E-state index in [0.29, 0.717) is 46.2 Å². The zero-order valence-corrected chi connectivity index (χ0v) is 21.4. The smallest absolute Gasteiger partial charge is 0.262 e. The van der Waals surface area contributed by atoms with Crippen LogP contribution in [-0.2, 0) is 0 Å². The number of halogens is 4. The molecule has 2 N–H and O–H groups in total. The van der Waals surface area contributed by atoms with Gasteiger partial charge in [0.05, 0.1) is 35.1 Å². The standard InChI is InChI=1S/C27H24Cl2F2N4O2/c1-33(27(37)25-21(29)3-2-4-22(25)31)23-8-6-15(10-24(23)34-11-17(30)12-34)19-9-16(5-7-20(19)28)26(36)35-13-18(32)14-35/h2-10,17-18H,11-14,32H2,1H3. The van der Waals surface area contributed by atoms with Crippen molar-refractivity contribution in [2.45, 2.75) is 12.2 Å². The van der Waals surface area contributed by atoms with Crippen LogP contribution in [0.2, 0.25) is 10.0 Å². The molecule has 0 bridgehead atoms. The van der Waals surface area contributed by atoms with Crippen molar-refractivity contribution in [3.63, 3.8) is 0 Å². The normalized spacial score (nSPS) is 15.8. The summed E-state index contributed by atoms with van der Waals surface area (Å²) in [7, 11) is 1.51. The van der Waals surface area contributed by atoms with E-state index < -0.39 is 17.9 Å². The Balaban J connectivity index is 1.52. The zero-order chi connectivity index (χ0) is 26.4. The molecule has 0 radical (unpaired) electrons. The second-order valence-electron chi connectivity index (χ2n) is 9.33. The third-order valence-corrected chi connectivity index (χ3v) is 7.36. The molecule has 2 aliphatic heterocycles. The van der Waals surface area contributed by atoms with Crippen LogP contribution in [0.3, 0.4) is 0 Å². The number of benzene rings is 3. The second-order valence-corrected chi connectivity index (χ2v) is 10.1. The third-order valence-electron chi connectivity index (χ3n) is 6.72. The van der Waals surface area contributed by atoms with Crippen molar-refractivity contribution in [1.82, 2.24) is 4.90 Å². The lowest BCUT2D eigenvalue weighted by Gasteiger charge is -2.39. The summed E-state index contributed by atoms with van der Waals surface area (Å²) in [5.74, 6) is -1.49. The molecule has 6 nitrogen and oxygen atoms in total. The van der Waals surface area contributed by atoms with E-state index in [2.05, 4.69) is 0 Å². The van der Waals surface area contributed by atoms with Gasteiger partial charge in [-0.2, -0.15) is 0 Å². The SMILES string of the molecule is CN(C(=O)c1c(F)cccc1Cl)c1ccc(-c2cc(C(=O)N3CC(N)C3)ccc2Cl)cc1N1CC(F)C1. The monoisotopic (exact) mass is 544 g/mol. The maximum absolute atomic E-state index is 14.5. The Hall–Kier alpha value is -3.20. The molecular formula is C27H24Cl2F2N4O2. The Morgan fingerprint density at radius 1 is 1.00 bits per heavy atom. The Bertz CT molecular complexity index is 1370. The number of amides is 2. The van der Waals surface area contributed by atoms with Gasteiger partial charge >= 0.3 is 0 Å². The fourth-order valence-electron chi connectivity index (χ4n) is 4.57. The van der Waals surface area contributed by atoms with Gasteiger partial charge in [-0.3, -0.25) is 9.59 Å². The number of hydrogen-bond donors (Lipinski definition) is 1. The number of carbonyl (C=O) groups excluding carboxylic acids is 2. The van der Waals surface area contributed by atoms with Crippen LogP contribution < -0.4 is 15.5 Å². The van der Waals surface area contributed by atoms with E-state index in [-0.39, 0.29) is 35.6 Å². The van der Waals surface area contributed by atoms with Crippen LogP contribution in [0.15, 0.2) is 54.6 Å². The molecule has 2 aliphatic rings. The number of likely N-dealkylation sites (tertiary alicyclic amines) is 1. The predicted molar refractivity (Wildman–Crippen MR) is 142 cm³/mol. The molecule has 37 heavy (non-hydrogen) atoms. The number of rotatable bonds is 5. The fraction of sp³-hybridized carbons (Fsp3) is 0.259. The van der Waals surface area contributed by atoms with Crippen molar-refractivity contribution >= 4 is 46.4 Å². The number of nitrogens with two attached hydrogens (primary N) is 1. The Morgan fingerprint density at radius 3 is 2.38 bits per heavy atom. The van der Waals surface area contributed by atoms with Gasteiger partial charge in [-0.25, -0.2) is 8.78 Å². The predicted octanol–water partition coefficient (Wildman–Crippen LogP) is 5.02. The summed E-state index contributed by atoms with van der Waals surface area (Å²) in [5, 5.41) is 0.435. The minimum absolute atomic E-state index is 0.000727. The van der Waals surface area contributed by atoms with Gasteiger partial charge in [0.1, 0.15) is 12.0 Å². The minimum atomic E-state index is -0.994. The lowest BCUT2D eigenvalue weighted by atomic mass is 9.98. The number of anilines is 2. The van der Waals surface area contributed by atoms with Gasteiger partial charge in [-0.1, -0.05) is 35.3 Å². The molecule has 192 valence electrons. The maximum Gasteiger partial charge on any atom is 0.262 e. The Labute approximate surface area is 223 Å². The van der Waals surface area contributed by atoms with E-state index >= 15 is 0 Å². The van der Waals surface area contributed by atoms with E-state index in [1.807, 2.05) is 0 Å². The number of hydrogen-bond acceptors (Lipinski definition) is 4. The van der Waals surface area contributed by atoms with Crippen molar-refractivity contribution in [2.75, 3.05) is 43.0 Å². The zero-order valence-electron chi connectivity index (χ0n) is 19.9. The largest absolute Gasteiger partial charge is 0.364 e. The highest BCUT2D eigenvalue weighted by Gasteiger charge is 2.32. The third kappa shape index (κ3) is 4.77. The first-order valence-corrected chi connectivity index (χ1v) is 12.5. The van der Waals surface area contributed by atoms with Gasteiger partial charge in [0, 0.05) is 42.3 Å². The van der Waals surface area contributed by atoms with Gasteiger partial charge < -0.3 is 20.4 Å². The number of alkyl halides is 1. The molecule has 2 amide bonds. The van der Waals surface area contributed by atoms with Gasteiger partial charge in [-0.05, 0) is 48.0 Å². The van der Waals surface area contributed by atoms with Gasteiger partial charge in [-0.15, -0.1) is 0 Å². The molecule has 2 saturated heterocycles. The molecule has 3 aromatic rings. The van der Waals surface area contributed by atoms with Crippen molar-refractivity contribution in [3.8, 4) is 11.1 Å². The first-order valence-electron chi connectivity index (χ1n) is 11.7. The fourth-order valence-corrected chi connectivity index (χ4v) is 5.04. The summed E-state index contributed by atoms with van der Waals surface area (Å²) in [5.41, 5.74) is 8.39. The van der Waals surface area contributed by atoms with Gasteiger partial charge in [0.2, 0.25) is 0 Å². The van der Waals surface area contributed by atoms with E-state index in [9.17, 15) is 18.4 Å². The molecule has 2 fully saturated rings. The topological polar surface area (TPSA) is 69.9 Å². The molecule has 0 saturated carbocycles. The van der Waals surface area contributed by atoms with Crippen LogP contribution in [-0.4, -0.2) is 62.2 Å². The summed E-state index contributed by atoms with van der Waals surface area (Å²) in [6.07, 6.45) is -0.994. The van der Waals surface area contributed by atoms with Crippen LogP contribution in [0.4, 0.5) is 20.2 Å². The number of carbonyl (C=O) groups is 2. The van der Waals surface area contributed by atoms with Crippen molar-refractivity contribution in [1.29, 1.82) is 0 Å². The molecule has 0 unspecified atom stereocenters. The van der Waals surface area contributed by atoms with E-state index in [1.54, 1.807) is 46.2 Å². The van der Waals surface area contributed by atoms with Crippen LogP contribution in [0.5, 0.6) is 0 Å². The molecule has 0 spiro atoms. The molecule has 0 aromatic heterocycles. The van der Waals surface area contributed by atoms with Crippen molar-refractivity contribution < 1.29 is 18.4 Å². The molecule has 3 aromatic carbocycles. The first-order chi connectivity index (χ1) is 17.6. The molecule has 0 atom stereocenters. The maximum atomic E-state index is 14.5. The first kappa shape index (κ1) is 25.4. The summed E-state index contributed by atoms with van der Waals surface area (Å²) in [6.45, 7) is 1.31.